The maximum Gasteiger partial charge on any atom is 0.494 e. The molecule has 0 N–H and O–H groups in total. The zero-order valence-corrected chi connectivity index (χ0v) is 15.0. The highest BCUT2D eigenvalue weighted by Gasteiger charge is 2.51. The van der Waals surface area contributed by atoms with Gasteiger partial charge in [0.1, 0.15) is 0 Å². The SMILES string of the molecule is CCOC(=O)C1OCCc2cc(B3OC(C)(C)C(C)(C)O3)ccc21. The molecule has 130 valence electrons. The molecule has 1 fully saturated rings. The van der Waals surface area contributed by atoms with Crippen molar-refractivity contribution in [3.8, 4) is 0 Å². The number of carbonyl (C=O) groups is 1. The van der Waals surface area contributed by atoms with E-state index in [0.717, 1.165) is 23.0 Å². The van der Waals surface area contributed by atoms with Crippen molar-refractivity contribution in [3.05, 3.63) is 29.3 Å². The van der Waals surface area contributed by atoms with Crippen LogP contribution in [-0.2, 0) is 30.0 Å². The summed E-state index contributed by atoms with van der Waals surface area (Å²) < 4.78 is 22.9. The normalized spacial score (nSPS) is 24.5. The lowest BCUT2D eigenvalue weighted by Gasteiger charge is -2.32. The van der Waals surface area contributed by atoms with Gasteiger partial charge in [0, 0.05) is 0 Å². The van der Waals surface area contributed by atoms with E-state index in [4.69, 9.17) is 18.8 Å². The number of fused-ring (bicyclic) bond motifs is 1. The second kappa shape index (κ2) is 6.17. The van der Waals surface area contributed by atoms with Crippen molar-refractivity contribution in [2.24, 2.45) is 0 Å². The van der Waals surface area contributed by atoms with Gasteiger partial charge in [-0.15, -0.1) is 0 Å². The third-order valence-corrected chi connectivity index (χ3v) is 5.13. The molecule has 24 heavy (non-hydrogen) atoms. The third-order valence-electron chi connectivity index (χ3n) is 5.13. The molecule has 0 saturated carbocycles. The lowest BCUT2D eigenvalue weighted by atomic mass is 9.77. The molecule has 1 aromatic rings. The highest BCUT2D eigenvalue weighted by molar-refractivity contribution is 6.62. The molecule has 0 bridgehead atoms. The molecule has 1 unspecified atom stereocenters. The maximum atomic E-state index is 12.1. The van der Waals surface area contributed by atoms with E-state index in [9.17, 15) is 4.79 Å². The summed E-state index contributed by atoms with van der Waals surface area (Å²) in [6.07, 6.45) is 0.125. The Labute approximate surface area is 143 Å². The van der Waals surface area contributed by atoms with Crippen molar-refractivity contribution in [1.29, 1.82) is 0 Å². The van der Waals surface area contributed by atoms with Gasteiger partial charge in [-0.2, -0.15) is 0 Å². The van der Waals surface area contributed by atoms with E-state index < -0.39 is 13.2 Å². The number of hydrogen-bond acceptors (Lipinski definition) is 5. The first-order valence-electron chi connectivity index (χ1n) is 8.52. The smallest absolute Gasteiger partial charge is 0.464 e. The molecule has 1 saturated heterocycles. The minimum absolute atomic E-state index is 0.332. The summed E-state index contributed by atoms with van der Waals surface area (Å²) in [5, 5.41) is 0. The van der Waals surface area contributed by atoms with Crippen molar-refractivity contribution in [2.45, 2.75) is 58.3 Å². The zero-order valence-electron chi connectivity index (χ0n) is 15.0. The Morgan fingerprint density at radius 2 is 1.92 bits per heavy atom. The summed E-state index contributed by atoms with van der Waals surface area (Å²) in [6.45, 7) is 10.8. The van der Waals surface area contributed by atoms with Gasteiger partial charge >= 0.3 is 13.1 Å². The van der Waals surface area contributed by atoms with Crippen LogP contribution < -0.4 is 5.46 Å². The lowest BCUT2D eigenvalue weighted by Crippen LogP contribution is -2.41. The molecule has 0 amide bonds. The molecule has 0 aliphatic carbocycles. The minimum Gasteiger partial charge on any atom is -0.464 e. The van der Waals surface area contributed by atoms with E-state index >= 15 is 0 Å². The average molecular weight is 332 g/mol. The monoisotopic (exact) mass is 332 g/mol. The Morgan fingerprint density at radius 3 is 2.54 bits per heavy atom. The molecular formula is C18H25BO5. The number of benzene rings is 1. The largest absolute Gasteiger partial charge is 0.494 e. The van der Waals surface area contributed by atoms with Crippen LogP contribution >= 0.6 is 0 Å². The van der Waals surface area contributed by atoms with Crippen LogP contribution in [0.4, 0.5) is 0 Å². The molecule has 5 nitrogen and oxygen atoms in total. The standard InChI is InChI=1S/C18H25BO5/c1-6-21-16(20)15-14-8-7-13(11-12(14)9-10-22-15)19-23-17(2,3)18(4,5)24-19/h7-8,11,15H,6,9-10H2,1-5H3. The van der Waals surface area contributed by atoms with Crippen LogP contribution in [0, 0.1) is 0 Å². The summed E-state index contributed by atoms with van der Waals surface area (Å²) in [4.78, 5) is 12.1. The summed E-state index contributed by atoms with van der Waals surface area (Å²) >= 11 is 0. The number of ether oxygens (including phenoxy) is 2. The van der Waals surface area contributed by atoms with Gasteiger partial charge in [-0.05, 0) is 57.6 Å². The Balaban J connectivity index is 1.86. The molecule has 1 atom stereocenters. The van der Waals surface area contributed by atoms with Crippen LogP contribution in [0.2, 0.25) is 0 Å². The Hall–Kier alpha value is -1.37. The highest BCUT2D eigenvalue weighted by Crippen LogP contribution is 2.37. The topological polar surface area (TPSA) is 54.0 Å². The summed E-state index contributed by atoms with van der Waals surface area (Å²) in [7, 11) is -0.399. The Kier molecular flexibility index (Phi) is 4.49. The first-order valence-corrected chi connectivity index (χ1v) is 8.52. The number of esters is 1. The van der Waals surface area contributed by atoms with Crippen molar-refractivity contribution in [1.82, 2.24) is 0 Å². The zero-order chi connectivity index (χ0) is 17.5. The number of rotatable bonds is 3. The third kappa shape index (κ3) is 2.98. The maximum absolute atomic E-state index is 12.1. The lowest BCUT2D eigenvalue weighted by molar-refractivity contribution is -0.158. The molecule has 2 aliphatic heterocycles. The van der Waals surface area contributed by atoms with Crippen LogP contribution in [0.25, 0.3) is 0 Å². The van der Waals surface area contributed by atoms with Gasteiger partial charge in [0.2, 0.25) is 0 Å². The van der Waals surface area contributed by atoms with Crippen LogP contribution in [-0.4, -0.2) is 37.5 Å². The first-order chi connectivity index (χ1) is 11.2. The van der Waals surface area contributed by atoms with Gasteiger partial charge in [-0.3, -0.25) is 0 Å². The van der Waals surface area contributed by atoms with Gasteiger partial charge in [0.25, 0.3) is 0 Å². The molecule has 2 heterocycles. The quantitative estimate of drug-likeness (QED) is 0.627. The fraction of sp³-hybridized carbons (Fsp3) is 0.611. The first kappa shape index (κ1) is 17.5. The van der Waals surface area contributed by atoms with Crippen molar-refractivity contribution >= 4 is 18.6 Å². The van der Waals surface area contributed by atoms with E-state index in [1.54, 1.807) is 6.92 Å². The summed E-state index contributed by atoms with van der Waals surface area (Å²) in [6, 6.07) is 5.94. The van der Waals surface area contributed by atoms with E-state index in [-0.39, 0.29) is 17.2 Å². The molecule has 0 spiro atoms. The molecular weight excluding hydrogens is 307 g/mol. The van der Waals surface area contributed by atoms with Gasteiger partial charge < -0.3 is 18.8 Å². The van der Waals surface area contributed by atoms with Crippen LogP contribution in [0.5, 0.6) is 0 Å². The fourth-order valence-corrected chi connectivity index (χ4v) is 3.01. The molecule has 2 aliphatic rings. The van der Waals surface area contributed by atoms with Crippen LogP contribution in [0.3, 0.4) is 0 Å². The van der Waals surface area contributed by atoms with Gasteiger partial charge in [0.15, 0.2) is 6.10 Å². The number of carbonyl (C=O) groups excluding carboxylic acids is 1. The van der Waals surface area contributed by atoms with E-state index in [2.05, 4.69) is 6.07 Å². The Bertz CT molecular complexity index is 624. The highest BCUT2D eigenvalue weighted by atomic mass is 16.7. The van der Waals surface area contributed by atoms with Crippen molar-refractivity contribution < 1.29 is 23.6 Å². The Morgan fingerprint density at radius 1 is 1.25 bits per heavy atom. The van der Waals surface area contributed by atoms with Gasteiger partial charge in [-0.1, -0.05) is 18.2 Å². The second-order valence-corrected chi connectivity index (χ2v) is 7.30. The van der Waals surface area contributed by atoms with Crippen molar-refractivity contribution in [3.63, 3.8) is 0 Å². The second-order valence-electron chi connectivity index (χ2n) is 7.30. The molecule has 0 aromatic heterocycles. The van der Waals surface area contributed by atoms with Crippen molar-refractivity contribution in [2.75, 3.05) is 13.2 Å². The molecule has 1 aromatic carbocycles. The molecule has 3 rings (SSSR count). The van der Waals surface area contributed by atoms with Crippen LogP contribution in [0.15, 0.2) is 18.2 Å². The minimum atomic E-state index is -0.638. The summed E-state index contributed by atoms with van der Waals surface area (Å²) in [5.74, 6) is -0.332. The number of hydrogen-bond donors (Lipinski definition) is 0. The predicted octanol–water partition coefficient (Wildman–Crippen LogP) is 2.16. The average Bonchev–Trinajstić information content (AvgIpc) is 2.74. The predicted molar refractivity (Wildman–Crippen MR) is 91.2 cm³/mol. The molecule has 0 radical (unpaired) electrons. The fourth-order valence-electron chi connectivity index (χ4n) is 3.01. The molecule has 6 heteroatoms. The van der Waals surface area contributed by atoms with E-state index in [0.29, 0.717) is 13.2 Å². The van der Waals surface area contributed by atoms with Gasteiger partial charge in [0.05, 0.1) is 24.4 Å². The van der Waals surface area contributed by atoms with Crippen LogP contribution in [0.1, 0.15) is 51.8 Å². The van der Waals surface area contributed by atoms with E-state index in [1.807, 2.05) is 39.8 Å². The van der Waals surface area contributed by atoms with Gasteiger partial charge in [-0.25, -0.2) is 4.79 Å². The van der Waals surface area contributed by atoms with E-state index in [1.165, 1.54) is 0 Å². The summed E-state index contributed by atoms with van der Waals surface area (Å²) in [5.41, 5.74) is 2.19.